The van der Waals surface area contributed by atoms with Gasteiger partial charge in [-0.05, 0) is 18.3 Å². The molecular formula is C16H16O6. The molecule has 22 heavy (non-hydrogen) atoms. The van der Waals surface area contributed by atoms with Crippen LogP contribution in [0.4, 0.5) is 0 Å². The van der Waals surface area contributed by atoms with Gasteiger partial charge in [0, 0.05) is 11.8 Å². The van der Waals surface area contributed by atoms with Crippen LogP contribution in [0.3, 0.4) is 0 Å². The van der Waals surface area contributed by atoms with Crippen LogP contribution in [-0.2, 0) is 28.6 Å². The van der Waals surface area contributed by atoms with Crippen molar-refractivity contribution in [2.75, 3.05) is 20.8 Å². The fraction of sp³-hybridized carbons (Fsp3) is 0.562. The summed E-state index contributed by atoms with van der Waals surface area (Å²) in [7, 11) is 2.58. The Balaban J connectivity index is 1.82. The number of cyclic esters (lactones) is 1. The van der Waals surface area contributed by atoms with Gasteiger partial charge in [0.25, 0.3) is 0 Å². The minimum absolute atomic E-state index is 0.0278. The standard InChI is InChI=1S/C16H16O6/c1-20-13(17)9-7-3-4-8(10(9)14(18)21-2)12-11(7)16(12)5-6-22-15(16)19/h3-4,7-8,11-12H,5-6H2,1-2H3. The number of hydrogen-bond acceptors (Lipinski definition) is 6. The van der Waals surface area contributed by atoms with Crippen molar-refractivity contribution in [1.29, 1.82) is 0 Å². The van der Waals surface area contributed by atoms with Gasteiger partial charge in [0.05, 0.1) is 37.4 Å². The van der Waals surface area contributed by atoms with Crippen molar-refractivity contribution >= 4 is 17.9 Å². The maximum atomic E-state index is 12.2. The highest BCUT2D eigenvalue weighted by atomic mass is 16.5. The van der Waals surface area contributed by atoms with E-state index in [9.17, 15) is 14.4 Å². The number of carbonyl (C=O) groups is 3. The third-order valence-corrected chi connectivity index (χ3v) is 5.66. The summed E-state index contributed by atoms with van der Waals surface area (Å²) < 4.78 is 14.9. The first kappa shape index (κ1) is 13.5. The minimum Gasteiger partial charge on any atom is -0.466 e. The molecule has 4 atom stereocenters. The summed E-state index contributed by atoms with van der Waals surface area (Å²) >= 11 is 0. The number of allylic oxidation sites excluding steroid dienone is 2. The number of carbonyl (C=O) groups excluding carboxylic acids is 3. The van der Waals surface area contributed by atoms with Crippen LogP contribution >= 0.6 is 0 Å². The number of rotatable bonds is 2. The van der Waals surface area contributed by atoms with Crippen molar-refractivity contribution in [3.8, 4) is 0 Å². The average Bonchev–Trinajstić information content (AvgIpc) is 3.10. The lowest BCUT2D eigenvalue weighted by molar-refractivity contribution is -0.143. The first-order valence-corrected chi connectivity index (χ1v) is 7.34. The summed E-state index contributed by atoms with van der Waals surface area (Å²) in [4.78, 5) is 36.6. The molecule has 1 heterocycles. The second kappa shape index (κ2) is 4.21. The molecular weight excluding hydrogens is 288 g/mol. The third-order valence-electron chi connectivity index (χ3n) is 5.66. The molecule has 5 rings (SSSR count). The molecule has 0 aromatic rings. The average molecular weight is 304 g/mol. The van der Waals surface area contributed by atoms with Crippen molar-refractivity contribution < 1.29 is 28.6 Å². The van der Waals surface area contributed by atoms with Crippen molar-refractivity contribution in [3.63, 3.8) is 0 Å². The molecule has 6 heteroatoms. The summed E-state index contributed by atoms with van der Waals surface area (Å²) in [5, 5.41) is 0. The lowest BCUT2D eigenvalue weighted by Crippen LogP contribution is -2.33. The van der Waals surface area contributed by atoms with Gasteiger partial charge in [-0.3, -0.25) is 4.79 Å². The van der Waals surface area contributed by atoms with Gasteiger partial charge >= 0.3 is 17.9 Å². The van der Waals surface area contributed by atoms with E-state index in [1.54, 1.807) is 0 Å². The number of esters is 3. The van der Waals surface area contributed by atoms with Crippen molar-refractivity contribution in [2.45, 2.75) is 6.42 Å². The summed E-state index contributed by atoms with van der Waals surface area (Å²) in [6.07, 6.45) is 4.49. The number of methoxy groups -OCH3 is 2. The van der Waals surface area contributed by atoms with E-state index in [1.807, 2.05) is 12.2 Å². The minimum atomic E-state index is -0.548. The fourth-order valence-corrected chi connectivity index (χ4v) is 4.84. The molecule has 0 amide bonds. The molecule has 4 aliphatic carbocycles. The SMILES string of the molecule is COC(=O)C1=C(C(=O)OC)C2C=CC1C1C2C12CCOC2=O. The third kappa shape index (κ3) is 1.33. The van der Waals surface area contributed by atoms with Gasteiger partial charge in [-0.2, -0.15) is 0 Å². The van der Waals surface area contributed by atoms with E-state index in [-0.39, 0.29) is 29.6 Å². The fourth-order valence-electron chi connectivity index (χ4n) is 4.84. The van der Waals surface area contributed by atoms with E-state index in [4.69, 9.17) is 14.2 Å². The van der Waals surface area contributed by atoms with Gasteiger partial charge in [-0.25, -0.2) is 9.59 Å². The van der Waals surface area contributed by atoms with Gasteiger partial charge in [-0.15, -0.1) is 0 Å². The molecule has 6 nitrogen and oxygen atoms in total. The van der Waals surface area contributed by atoms with Gasteiger partial charge in [0.15, 0.2) is 0 Å². The van der Waals surface area contributed by atoms with Gasteiger partial charge in [-0.1, -0.05) is 12.2 Å². The molecule has 116 valence electrons. The predicted octanol–water partition coefficient (Wildman–Crippen LogP) is 0.624. The molecule has 0 aromatic carbocycles. The zero-order valence-electron chi connectivity index (χ0n) is 12.3. The second-order valence-corrected chi connectivity index (χ2v) is 6.22. The second-order valence-electron chi connectivity index (χ2n) is 6.22. The van der Waals surface area contributed by atoms with Gasteiger partial charge in [0.2, 0.25) is 0 Å². The van der Waals surface area contributed by atoms with Crippen LogP contribution in [-0.4, -0.2) is 38.7 Å². The Hall–Kier alpha value is -2.11. The largest absolute Gasteiger partial charge is 0.466 e. The van der Waals surface area contributed by atoms with Crippen LogP contribution in [0.2, 0.25) is 0 Å². The quantitative estimate of drug-likeness (QED) is 0.423. The van der Waals surface area contributed by atoms with E-state index in [0.717, 1.165) is 0 Å². The zero-order valence-corrected chi connectivity index (χ0v) is 12.3. The van der Waals surface area contributed by atoms with Crippen LogP contribution in [0.1, 0.15) is 6.42 Å². The van der Waals surface area contributed by atoms with Crippen molar-refractivity contribution in [3.05, 3.63) is 23.3 Å². The highest BCUT2D eigenvalue weighted by Gasteiger charge is 2.79. The van der Waals surface area contributed by atoms with E-state index < -0.39 is 17.4 Å². The Morgan fingerprint density at radius 3 is 1.95 bits per heavy atom. The molecule has 1 spiro atoms. The number of ether oxygens (including phenoxy) is 3. The highest BCUT2D eigenvalue weighted by molar-refractivity contribution is 6.04. The van der Waals surface area contributed by atoms with E-state index >= 15 is 0 Å². The maximum absolute atomic E-state index is 12.2. The molecule has 1 aliphatic heterocycles. The predicted molar refractivity (Wildman–Crippen MR) is 72.2 cm³/mol. The Kier molecular flexibility index (Phi) is 2.59. The zero-order chi connectivity index (χ0) is 15.6. The lowest BCUT2D eigenvalue weighted by atomic mass is 9.71. The Morgan fingerprint density at radius 1 is 1.09 bits per heavy atom. The molecule has 0 N–H and O–H groups in total. The normalized spacial score (nSPS) is 40.5. The Bertz CT molecular complexity index is 616. The van der Waals surface area contributed by atoms with E-state index in [0.29, 0.717) is 24.2 Å². The van der Waals surface area contributed by atoms with E-state index in [2.05, 4.69) is 0 Å². The smallest absolute Gasteiger partial charge is 0.334 e. The van der Waals surface area contributed by atoms with Gasteiger partial charge < -0.3 is 14.2 Å². The first-order chi connectivity index (χ1) is 10.6. The van der Waals surface area contributed by atoms with Crippen LogP contribution in [0, 0.1) is 29.1 Å². The van der Waals surface area contributed by atoms with Crippen LogP contribution in [0.15, 0.2) is 23.3 Å². The van der Waals surface area contributed by atoms with Crippen LogP contribution < -0.4 is 0 Å². The molecule has 4 unspecified atom stereocenters. The number of hydrogen-bond donors (Lipinski definition) is 0. The van der Waals surface area contributed by atoms with Gasteiger partial charge in [0.1, 0.15) is 0 Å². The Labute approximate surface area is 127 Å². The molecule has 1 saturated carbocycles. The Morgan fingerprint density at radius 2 is 1.59 bits per heavy atom. The molecule has 0 radical (unpaired) electrons. The van der Waals surface area contributed by atoms with Crippen LogP contribution in [0.25, 0.3) is 0 Å². The van der Waals surface area contributed by atoms with E-state index in [1.165, 1.54) is 14.2 Å². The summed E-state index contributed by atoms with van der Waals surface area (Å²) in [6, 6.07) is 0. The first-order valence-electron chi connectivity index (χ1n) is 7.34. The topological polar surface area (TPSA) is 78.9 Å². The van der Waals surface area contributed by atoms with Crippen molar-refractivity contribution in [1.82, 2.24) is 0 Å². The van der Waals surface area contributed by atoms with Crippen LogP contribution in [0.5, 0.6) is 0 Å². The summed E-state index contributed by atoms with van der Waals surface area (Å²) in [5.41, 5.74) is 0.146. The molecule has 0 aromatic heterocycles. The highest BCUT2D eigenvalue weighted by Crippen LogP contribution is 2.75. The molecule has 2 fully saturated rings. The lowest BCUT2D eigenvalue weighted by Gasteiger charge is -2.32. The monoisotopic (exact) mass is 304 g/mol. The maximum Gasteiger partial charge on any atom is 0.334 e. The summed E-state index contributed by atoms with van der Waals surface area (Å²) in [5.74, 6) is -1.74. The molecule has 5 aliphatic rings. The van der Waals surface area contributed by atoms with Crippen molar-refractivity contribution in [2.24, 2.45) is 29.1 Å². The molecule has 1 saturated heterocycles. The summed E-state index contributed by atoms with van der Waals surface area (Å²) in [6.45, 7) is 0.409. The molecule has 2 bridgehead atoms.